The second kappa shape index (κ2) is 10.0. The highest BCUT2D eigenvalue weighted by molar-refractivity contribution is 14.0. The minimum Gasteiger partial charge on any atom is -0.352 e. The van der Waals surface area contributed by atoms with Crippen molar-refractivity contribution in [2.24, 2.45) is 4.99 Å². The highest BCUT2D eigenvalue weighted by Gasteiger charge is 2.21. The lowest BCUT2D eigenvalue weighted by Gasteiger charge is -2.25. The predicted octanol–water partition coefficient (Wildman–Crippen LogP) is 1.70. The second-order valence-corrected chi connectivity index (χ2v) is 7.40. The molecule has 2 aromatic rings. The fraction of sp³-hybridized carbons (Fsp3) is 0.500. The lowest BCUT2D eigenvalue weighted by Crippen LogP contribution is -2.46. The smallest absolute Gasteiger partial charge is 0.222 e. The molecule has 9 heteroatoms. The topological polar surface area (TPSA) is 87.4 Å². The Labute approximate surface area is 188 Å². The molecule has 29 heavy (non-hydrogen) atoms. The third kappa shape index (κ3) is 5.46. The average molecular weight is 509 g/mol. The Morgan fingerprint density at radius 2 is 2.17 bits per heavy atom. The molecule has 0 saturated carbocycles. The summed E-state index contributed by atoms with van der Waals surface area (Å²) in [6.45, 7) is 3.05. The molecule has 4 rings (SSSR count). The number of nitrogens with zero attached hydrogens (tertiary/aromatic N) is 5. The number of guanidine groups is 1. The number of rotatable bonds is 5. The number of likely N-dealkylation sites (tertiary alicyclic amines) is 1. The van der Waals surface area contributed by atoms with Gasteiger partial charge >= 0.3 is 0 Å². The number of aryl methyl sites for hydroxylation is 1. The van der Waals surface area contributed by atoms with Crippen LogP contribution >= 0.6 is 24.0 Å². The van der Waals surface area contributed by atoms with Crippen LogP contribution in [0.2, 0.25) is 0 Å². The number of aromatic nitrogens is 3. The lowest BCUT2D eigenvalue weighted by molar-refractivity contribution is -0.128. The number of carbonyl (C=O) groups is 1. The van der Waals surface area contributed by atoms with E-state index in [-0.39, 0.29) is 35.9 Å². The molecule has 156 valence electrons. The first-order chi connectivity index (χ1) is 13.7. The van der Waals surface area contributed by atoms with Gasteiger partial charge in [0, 0.05) is 45.6 Å². The molecule has 0 spiro atoms. The van der Waals surface area contributed by atoms with E-state index in [0.717, 1.165) is 44.1 Å². The number of fused-ring (bicyclic) bond motifs is 1. The average Bonchev–Trinajstić information content (AvgIpc) is 3.34. The first kappa shape index (κ1) is 21.5. The Morgan fingerprint density at radius 1 is 1.31 bits per heavy atom. The van der Waals surface area contributed by atoms with Crippen LogP contribution in [-0.2, 0) is 30.8 Å². The maximum absolute atomic E-state index is 11.8. The SMILES string of the molecule is CN=C(NCc1cccc(CN2CCCC2=O)c1)NC1CCc2ncnn2C1.I. The molecule has 1 unspecified atom stereocenters. The molecule has 8 nitrogen and oxygen atoms in total. The molecule has 1 aromatic heterocycles. The number of amides is 1. The summed E-state index contributed by atoms with van der Waals surface area (Å²) >= 11 is 0. The predicted molar refractivity (Wildman–Crippen MR) is 122 cm³/mol. The molecule has 1 atom stereocenters. The first-order valence-electron chi connectivity index (χ1n) is 9.91. The van der Waals surface area contributed by atoms with Crippen LogP contribution in [-0.4, -0.2) is 51.2 Å². The van der Waals surface area contributed by atoms with Gasteiger partial charge in [-0.3, -0.25) is 9.79 Å². The minimum atomic E-state index is 0. The van der Waals surface area contributed by atoms with E-state index < -0.39 is 0 Å². The summed E-state index contributed by atoms with van der Waals surface area (Å²) in [4.78, 5) is 22.4. The zero-order valence-corrected chi connectivity index (χ0v) is 19.0. The van der Waals surface area contributed by atoms with E-state index >= 15 is 0 Å². The van der Waals surface area contributed by atoms with Crippen molar-refractivity contribution in [3.05, 3.63) is 47.5 Å². The largest absolute Gasteiger partial charge is 0.352 e. The van der Waals surface area contributed by atoms with E-state index in [0.29, 0.717) is 19.5 Å². The highest BCUT2D eigenvalue weighted by atomic mass is 127. The Morgan fingerprint density at radius 3 is 2.97 bits per heavy atom. The Kier molecular flexibility index (Phi) is 7.45. The van der Waals surface area contributed by atoms with E-state index in [9.17, 15) is 4.79 Å². The van der Waals surface area contributed by atoms with Crippen molar-refractivity contribution in [3.63, 3.8) is 0 Å². The van der Waals surface area contributed by atoms with Crippen LogP contribution in [0.5, 0.6) is 0 Å². The Balaban J connectivity index is 0.00000240. The fourth-order valence-corrected chi connectivity index (χ4v) is 3.86. The molecule has 1 aromatic carbocycles. The summed E-state index contributed by atoms with van der Waals surface area (Å²) < 4.78 is 1.96. The van der Waals surface area contributed by atoms with Gasteiger partial charge in [0.05, 0.1) is 6.54 Å². The first-order valence-corrected chi connectivity index (χ1v) is 9.91. The van der Waals surface area contributed by atoms with Crippen molar-refractivity contribution in [2.75, 3.05) is 13.6 Å². The molecular weight excluding hydrogens is 481 g/mol. The second-order valence-electron chi connectivity index (χ2n) is 7.40. The van der Waals surface area contributed by atoms with Crippen LogP contribution < -0.4 is 10.6 Å². The number of aliphatic imine (C=N–C) groups is 1. The van der Waals surface area contributed by atoms with Gasteiger partial charge in [-0.25, -0.2) is 9.67 Å². The molecule has 2 aliphatic heterocycles. The number of hydrogen-bond donors (Lipinski definition) is 2. The van der Waals surface area contributed by atoms with E-state index in [2.05, 4.69) is 50.0 Å². The van der Waals surface area contributed by atoms with Crippen LogP contribution in [0, 0.1) is 0 Å². The van der Waals surface area contributed by atoms with Crippen LogP contribution in [0.15, 0.2) is 35.6 Å². The fourth-order valence-electron chi connectivity index (χ4n) is 3.86. The van der Waals surface area contributed by atoms with E-state index in [4.69, 9.17) is 0 Å². The maximum Gasteiger partial charge on any atom is 0.222 e. The Hall–Kier alpha value is -2.17. The summed E-state index contributed by atoms with van der Waals surface area (Å²) in [6.07, 6.45) is 5.21. The van der Waals surface area contributed by atoms with Crippen molar-refractivity contribution >= 4 is 35.8 Å². The monoisotopic (exact) mass is 509 g/mol. The number of hydrogen-bond acceptors (Lipinski definition) is 4. The third-order valence-corrected chi connectivity index (χ3v) is 5.37. The molecule has 0 bridgehead atoms. The van der Waals surface area contributed by atoms with Gasteiger partial charge in [0.1, 0.15) is 12.2 Å². The maximum atomic E-state index is 11.8. The summed E-state index contributed by atoms with van der Waals surface area (Å²) in [5.41, 5.74) is 2.35. The van der Waals surface area contributed by atoms with Gasteiger partial charge in [-0.1, -0.05) is 24.3 Å². The number of halogens is 1. The van der Waals surface area contributed by atoms with Gasteiger partial charge in [-0.05, 0) is 24.0 Å². The zero-order valence-electron chi connectivity index (χ0n) is 16.7. The number of nitrogens with one attached hydrogen (secondary N) is 2. The number of carbonyl (C=O) groups excluding carboxylic acids is 1. The third-order valence-electron chi connectivity index (χ3n) is 5.37. The van der Waals surface area contributed by atoms with E-state index in [1.54, 1.807) is 13.4 Å². The molecular formula is C20H28IN7O. The van der Waals surface area contributed by atoms with Crippen molar-refractivity contribution in [2.45, 2.75) is 51.4 Å². The van der Waals surface area contributed by atoms with E-state index in [1.807, 2.05) is 9.58 Å². The molecule has 0 aliphatic carbocycles. The highest BCUT2D eigenvalue weighted by Crippen LogP contribution is 2.15. The van der Waals surface area contributed by atoms with Crippen LogP contribution in [0.4, 0.5) is 0 Å². The van der Waals surface area contributed by atoms with Crippen LogP contribution in [0.25, 0.3) is 0 Å². The van der Waals surface area contributed by atoms with Crippen molar-refractivity contribution in [1.82, 2.24) is 30.3 Å². The quantitative estimate of drug-likeness (QED) is 0.364. The molecule has 1 amide bonds. The van der Waals surface area contributed by atoms with Gasteiger partial charge in [-0.2, -0.15) is 5.10 Å². The standard InChI is InChI=1S/C20H27N7O.HI/c1-21-20(25-17-7-8-18-23-14-24-27(18)13-17)22-11-15-4-2-5-16(10-15)12-26-9-3-6-19(26)28;/h2,4-5,10,14,17H,3,6-9,11-13H2,1H3,(H2,21,22,25);1H. The van der Waals surface area contributed by atoms with Gasteiger partial charge in [0.25, 0.3) is 0 Å². The summed E-state index contributed by atoms with van der Waals surface area (Å²) in [5.74, 6) is 2.10. The van der Waals surface area contributed by atoms with Gasteiger partial charge in [0.15, 0.2) is 5.96 Å². The summed E-state index contributed by atoms with van der Waals surface area (Å²) in [5, 5.41) is 11.1. The molecule has 0 radical (unpaired) electrons. The van der Waals surface area contributed by atoms with Crippen molar-refractivity contribution in [1.29, 1.82) is 0 Å². The van der Waals surface area contributed by atoms with Gasteiger partial charge in [0.2, 0.25) is 5.91 Å². The molecule has 3 heterocycles. The molecule has 2 N–H and O–H groups in total. The molecule has 2 aliphatic rings. The van der Waals surface area contributed by atoms with Crippen LogP contribution in [0.3, 0.4) is 0 Å². The summed E-state index contributed by atoms with van der Waals surface area (Å²) in [6, 6.07) is 8.68. The minimum absolute atomic E-state index is 0. The van der Waals surface area contributed by atoms with Crippen LogP contribution in [0.1, 0.15) is 36.2 Å². The normalized spacial score (nSPS) is 18.9. The lowest BCUT2D eigenvalue weighted by atomic mass is 10.1. The van der Waals surface area contributed by atoms with Crippen molar-refractivity contribution < 1.29 is 4.79 Å². The van der Waals surface area contributed by atoms with E-state index in [1.165, 1.54) is 11.1 Å². The molecule has 1 saturated heterocycles. The summed E-state index contributed by atoms with van der Waals surface area (Å²) in [7, 11) is 1.79. The Bertz CT molecular complexity index is 866. The number of benzene rings is 1. The zero-order chi connectivity index (χ0) is 19.3. The molecule has 1 fully saturated rings. The van der Waals surface area contributed by atoms with Gasteiger partial charge in [-0.15, -0.1) is 24.0 Å². The van der Waals surface area contributed by atoms with Crippen molar-refractivity contribution in [3.8, 4) is 0 Å². The van der Waals surface area contributed by atoms with Gasteiger partial charge < -0.3 is 15.5 Å².